The lowest BCUT2D eigenvalue weighted by Crippen LogP contribution is -2.42. The Morgan fingerprint density at radius 2 is 2.00 bits per heavy atom. The number of aryl methyl sites for hydroxylation is 1. The largest absolute Gasteiger partial charge is 0.371 e. The third-order valence-electron chi connectivity index (χ3n) is 3.75. The van der Waals surface area contributed by atoms with Gasteiger partial charge in [0.15, 0.2) is 0 Å². The SMILES string of the molecule is CCNC1CCN(c2ccc(Br)cc2CC)CC1. The molecular formula is C15H23BrN2. The van der Waals surface area contributed by atoms with Crippen molar-refractivity contribution in [1.29, 1.82) is 0 Å². The second-order valence-electron chi connectivity index (χ2n) is 4.95. The average Bonchev–Trinajstić information content (AvgIpc) is 2.40. The van der Waals surface area contributed by atoms with Gasteiger partial charge in [0, 0.05) is 29.3 Å². The molecule has 100 valence electrons. The van der Waals surface area contributed by atoms with Gasteiger partial charge in [-0.25, -0.2) is 0 Å². The highest BCUT2D eigenvalue weighted by atomic mass is 79.9. The molecule has 3 heteroatoms. The summed E-state index contributed by atoms with van der Waals surface area (Å²) in [4.78, 5) is 2.54. The van der Waals surface area contributed by atoms with Crippen LogP contribution in [0.4, 0.5) is 5.69 Å². The molecule has 1 saturated heterocycles. The second-order valence-corrected chi connectivity index (χ2v) is 5.86. The normalized spacial score (nSPS) is 17.2. The van der Waals surface area contributed by atoms with Gasteiger partial charge in [-0.3, -0.25) is 0 Å². The van der Waals surface area contributed by atoms with Gasteiger partial charge >= 0.3 is 0 Å². The lowest BCUT2D eigenvalue weighted by atomic mass is 10.0. The van der Waals surface area contributed by atoms with Crippen molar-refractivity contribution in [3.63, 3.8) is 0 Å². The van der Waals surface area contributed by atoms with E-state index in [1.807, 2.05) is 0 Å². The van der Waals surface area contributed by atoms with Crippen molar-refractivity contribution < 1.29 is 0 Å². The van der Waals surface area contributed by atoms with Crippen molar-refractivity contribution in [2.75, 3.05) is 24.5 Å². The Morgan fingerprint density at radius 3 is 2.61 bits per heavy atom. The van der Waals surface area contributed by atoms with Crippen LogP contribution in [0.3, 0.4) is 0 Å². The molecule has 0 bridgehead atoms. The molecule has 1 aromatic carbocycles. The highest BCUT2D eigenvalue weighted by Gasteiger charge is 2.19. The van der Waals surface area contributed by atoms with Crippen molar-refractivity contribution in [3.05, 3.63) is 28.2 Å². The van der Waals surface area contributed by atoms with Gasteiger partial charge in [-0.1, -0.05) is 29.8 Å². The summed E-state index contributed by atoms with van der Waals surface area (Å²) in [7, 11) is 0. The molecule has 1 aliphatic rings. The van der Waals surface area contributed by atoms with Gasteiger partial charge in [-0.05, 0) is 49.6 Å². The first-order valence-electron chi connectivity index (χ1n) is 7.01. The number of benzene rings is 1. The molecule has 0 radical (unpaired) electrons. The van der Waals surface area contributed by atoms with Gasteiger partial charge in [0.2, 0.25) is 0 Å². The van der Waals surface area contributed by atoms with Crippen LogP contribution in [0.25, 0.3) is 0 Å². The third-order valence-corrected chi connectivity index (χ3v) is 4.24. The van der Waals surface area contributed by atoms with Crippen molar-refractivity contribution in [2.24, 2.45) is 0 Å². The quantitative estimate of drug-likeness (QED) is 0.914. The monoisotopic (exact) mass is 310 g/mol. The van der Waals surface area contributed by atoms with Crippen molar-refractivity contribution >= 4 is 21.6 Å². The summed E-state index contributed by atoms with van der Waals surface area (Å²) in [6.45, 7) is 7.86. The molecule has 0 aliphatic carbocycles. The molecular weight excluding hydrogens is 288 g/mol. The van der Waals surface area contributed by atoms with E-state index in [9.17, 15) is 0 Å². The van der Waals surface area contributed by atoms with E-state index in [1.54, 1.807) is 0 Å². The fourth-order valence-electron chi connectivity index (χ4n) is 2.76. The lowest BCUT2D eigenvalue weighted by molar-refractivity contribution is 0.423. The first-order chi connectivity index (χ1) is 8.74. The molecule has 0 aromatic heterocycles. The maximum atomic E-state index is 3.56. The molecule has 1 heterocycles. The summed E-state index contributed by atoms with van der Waals surface area (Å²) in [6.07, 6.45) is 3.61. The standard InChI is InChI=1S/C15H23BrN2/c1-3-12-11-13(16)5-6-15(12)18-9-7-14(8-10-18)17-4-2/h5-6,11,14,17H,3-4,7-10H2,1-2H3. The molecule has 2 rings (SSSR count). The number of anilines is 1. The predicted molar refractivity (Wildman–Crippen MR) is 82.4 cm³/mol. The summed E-state index contributed by atoms with van der Waals surface area (Å²) in [5.74, 6) is 0. The molecule has 2 nitrogen and oxygen atoms in total. The maximum absolute atomic E-state index is 3.56. The van der Waals surface area contributed by atoms with Crippen LogP contribution in [0.2, 0.25) is 0 Å². The molecule has 1 aromatic rings. The van der Waals surface area contributed by atoms with Crippen LogP contribution in [-0.4, -0.2) is 25.7 Å². The third kappa shape index (κ3) is 3.27. The molecule has 18 heavy (non-hydrogen) atoms. The Balaban J connectivity index is 2.05. The summed E-state index contributed by atoms with van der Waals surface area (Å²) < 4.78 is 1.19. The molecule has 0 atom stereocenters. The van der Waals surface area contributed by atoms with Gasteiger partial charge < -0.3 is 10.2 Å². The van der Waals surface area contributed by atoms with Crippen LogP contribution in [-0.2, 0) is 6.42 Å². The first kappa shape index (κ1) is 13.9. The molecule has 0 saturated carbocycles. The zero-order valence-electron chi connectivity index (χ0n) is 11.4. The first-order valence-corrected chi connectivity index (χ1v) is 7.80. The van der Waals surface area contributed by atoms with E-state index < -0.39 is 0 Å². The zero-order valence-corrected chi connectivity index (χ0v) is 13.0. The average molecular weight is 311 g/mol. The summed E-state index contributed by atoms with van der Waals surface area (Å²) >= 11 is 3.56. The highest BCUT2D eigenvalue weighted by molar-refractivity contribution is 9.10. The van der Waals surface area contributed by atoms with Crippen LogP contribution in [0.1, 0.15) is 32.3 Å². The second kappa shape index (κ2) is 6.58. The molecule has 0 amide bonds. The fourth-order valence-corrected chi connectivity index (χ4v) is 3.17. The molecule has 0 spiro atoms. The van der Waals surface area contributed by atoms with E-state index in [2.05, 4.69) is 58.2 Å². The maximum Gasteiger partial charge on any atom is 0.0399 e. The summed E-state index contributed by atoms with van der Waals surface area (Å²) in [6, 6.07) is 7.39. The van der Waals surface area contributed by atoms with Gasteiger partial charge in [0.25, 0.3) is 0 Å². The molecule has 0 unspecified atom stereocenters. The zero-order chi connectivity index (χ0) is 13.0. The number of nitrogens with one attached hydrogen (secondary N) is 1. The van der Waals surface area contributed by atoms with Crippen molar-refractivity contribution in [2.45, 2.75) is 39.2 Å². The van der Waals surface area contributed by atoms with Crippen LogP contribution in [0.15, 0.2) is 22.7 Å². The van der Waals surface area contributed by atoms with Crippen LogP contribution in [0, 0.1) is 0 Å². The summed E-state index contributed by atoms with van der Waals surface area (Å²) in [5, 5.41) is 3.56. The van der Waals surface area contributed by atoms with Crippen LogP contribution >= 0.6 is 15.9 Å². The van der Waals surface area contributed by atoms with Gasteiger partial charge in [-0.15, -0.1) is 0 Å². The topological polar surface area (TPSA) is 15.3 Å². The number of hydrogen-bond donors (Lipinski definition) is 1. The minimum Gasteiger partial charge on any atom is -0.371 e. The number of piperidine rings is 1. The highest BCUT2D eigenvalue weighted by Crippen LogP contribution is 2.27. The van der Waals surface area contributed by atoms with Crippen LogP contribution < -0.4 is 10.2 Å². The summed E-state index contributed by atoms with van der Waals surface area (Å²) in [5.41, 5.74) is 2.88. The number of hydrogen-bond acceptors (Lipinski definition) is 2. The van der Waals surface area contributed by atoms with Crippen LogP contribution in [0.5, 0.6) is 0 Å². The Morgan fingerprint density at radius 1 is 1.28 bits per heavy atom. The lowest BCUT2D eigenvalue weighted by Gasteiger charge is -2.35. The Bertz CT molecular complexity index is 384. The van der Waals surface area contributed by atoms with Crippen molar-refractivity contribution in [1.82, 2.24) is 5.32 Å². The molecule has 1 fully saturated rings. The fraction of sp³-hybridized carbons (Fsp3) is 0.600. The van der Waals surface area contributed by atoms with E-state index in [1.165, 1.54) is 41.7 Å². The molecule has 1 N–H and O–H groups in total. The van der Waals surface area contributed by atoms with Crippen molar-refractivity contribution in [3.8, 4) is 0 Å². The van der Waals surface area contributed by atoms with Gasteiger partial charge in [0.05, 0.1) is 0 Å². The van der Waals surface area contributed by atoms with Gasteiger partial charge in [-0.2, -0.15) is 0 Å². The van der Waals surface area contributed by atoms with E-state index in [0.29, 0.717) is 6.04 Å². The molecule has 1 aliphatic heterocycles. The number of halogens is 1. The Labute approximate surface area is 119 Å². The van der Waals surface area contributed by atoms with E-state index in [0.717, 1.165) is 13.0 Å². The Hall–Kier alpha value is -0.540. The minimum atomic E-state index is 0.715. The van der Waals surface area contributed by atoms with E-state index >= 15 is 0 Å². The number of nitrogens with zero attached hydrogens (tertiary/aromatic N) is 1. The van der Waals surface area contributed by atoms with E-state index in [4.69, 9.17) is 0 Å². The van der Waals surface area contributed by atoms with Gasteiger partial charge in [0.1, 0.15) is 0 Å². The number of rotatable bonds is 4. The Kier molecular flexibility index (Phi) is 5.07. The minimum absolute atomic E-state index is 0.715. The predicted octanol–water partition coefficient (Wildman–Crippen LogP) is 3.59. The van der Waals surface area contributed by atoms with E-state index in [-0.39, 0.29) is 0 Å². The smallest absolute Gasteiger partial charge is 0.0399 e.